The van der Waals surface area contributed by atoms with Gasteiger partial charge >= 0.3 is 0 Å². The first kappa shape index (κ1) is 14.6. The zero-order valence-corrected chi connectivity index (χ0v) is 13.6. The van der Waals surface area contributed by atoms with Gasteiger partial charge in [-0.3, -0.25) is 4.79 Å². The fourth-order valence-electron chi connectivity index (χ4n) is 5.81. The molecule has 4 rings (SSSR count). The fourth-order valence-corrected chi connectivity index (χ4v) is 5.81. The van der Waals surface area contributed by atoms with Crippen molar-refractivity contribution in [1.29, 1.82) is 0 Å². The molecule has 0 bridgehead atoms. The highest BCUT2D eigenvalue weighted by molar-refractivity contribution is 5.87. The van der Waals surface area contributed by atoms with Gasteiger partial charge in [-0.05, 0) is 49.4 Å². The lowest BCUT2D eigenvalue weighted by molar-refractivity contribution is -0.127. The number of ketones is 1. The van der Waals surface area contributed by atoms with Crippen LogP contribution in [0.2, 0.25) is 0 Å². The highest BCUT2D eigenvalue weighted by Gasteiger charge is 2.58. The standard InChI is InChI=1S/C19H27NO2/c1-18-7-5-12(20)9-11(18)3-4-13-14(18)6-8-19(2)15(13)10-16(21)17(19)22/h3-4,12,14-15,17,22H,5-10,20H2,1-2H3/t12?,14-,15+,17?,18+,19+/m1/s1. The van der Waals surface area contributed by atoms with Gasteiger partial charge in [-0.1, -0.05) is 37.1 Å². The second-order valence-electron chi connectivity index (χ2n) is 8.50. The average Bonchev–Trinajstić information content (AvgIpc) is 2.72. The summed E-state index contributed by atoms with van der Waals surface area (Å²) in [6, 6.07) is 0.304. The lowest BCUT2D eigenvalue weighted by Gasteiger charge is -2.54. The second-order valence-corrected chi connectivity index (χ2v) is 8.50. The number of fused-ring (bicyclic) bond motifs is 5. The van der Waals surface area contributed by atoms with Crippen LogP contribution >= 0.6 is 0 Å². The van der Waals surface area contributed by atoms with E-state index in [2.05, 4.69) is 26.0 Å². The van der Waals surface area contributed by atoms with E-state index in [0.29, 0.717) is 18.4 Å². The molecule has 2 unspecified atom stereocenters. The molecule has 3 saturated carbocycles. The minimum atomic E-state index is -0.766. The van der Waals surface area contributed by atoms with E-state index in [4.69, 9.17) is 5.73 Å². The van der Waals surface area contributed by atoms with Crippen LogP contribution in [0.1, 0.15) is 52.4 Å². The maximum Gasteiger partial charge on any atom is 0.162 e. The summed E-state index contributed by atoms with van der Waals surface area (Å²) in [6.45, 7) is 4.51. The summed E-state index contributed by atoms with van der Waals surface area (Å²) in [6.07, 6.45) is 9.63. The molecule has 0 aromatic heterocycles. The zero-order valence-electron chi connectivity index (χ0n) is 13.6. The summed E-state index contributed by atoms with van der Waals surface area (Å²) in [5, 5.41) is 10.4. The molecule has 0 saturated heterocycles. The first-order valence-corrected chi connectivity index (χ1v) is 8.74. The van der Waals surface area contributed by atoms with Crippen molar-refractivity contribution in [2.75, 3.05) is 0 Å². The number of Topliss-reactive ketones (excluding diaryl/α,β-unsaturated/α-hetero) is 1. The van der Waals surface area contributed by atoms with E-state index in [0.717, 1.165) is 32.1 Å². The van der Waals surface area contributed by atoms with Gasteiger partial charge in [-0.15, -0.1) is 0 Å². The van der Waals surface area contributed by atoms with Gasteiger partial charge in [-0.25, -0.2) is 0 Å². The Hall–Kier alpha value is -0.930. The molecule has 3 N–H and O–H groups in total. The minimum Gasteiger partial charge on any atom is -0.385 e. The zero-order chi connectivity index (χ0) is 15.7. The van der Waals surface area contributed by atoms with Crippen molar-refractivity contribution in [1.82, 2.24) is 0 Å². The van der Waals surface area contributed by atoms with Crippen LogP contribution in [0.5, 0.6) is 0 Å². The van der Waals surface area contributed by atoms with E-state index in [1.54, 1.807) is 0 Å². The number of aliphatic hydroxyl groups excluding tert-OH is 1. The first-order valence-electron chi connectivity index (χ1n) is 8.74. The molecule has 3 heteroatoms. The molecule has 0 aromatic rings. The monoisotopic (exact) mass is 301 g/mol. The Morgan fingerprint density at radius 3 is 2.68 bits per heavy atom. The Kier molecular flexibility index (Phi) is 3.03. The van der Waals surface area contributed by atoms with Gasteiger partial charge in [0, 0.05) is 17.9 Å². The molecule has 22 heavy (non-hydrogen) atoms. The van der Waals surface area contributed by atoms with Gasteiger partial charge in [0.15, 0.2) is 5.78 Å². The number of carbonyl (C=O) groups is 1. The number of hydrogen-bond acceptors (Lipinski definition) is 3. The molecule has 4 aliphatic rings. The largest absolute Gasteiger partial charge is 0.385 e. The Morgan fingerprint density at radius 1 is 1.14 bits per heavy atom. The van der Waals surface area contributed by atoms with Gasteiger partial charge in [0.2, 0.25) is 0 Å². The van der Waals surface area contributed by atoms with E-state index in [1.165, 1.54) is 11.1 Å². The summed E-state index contributed by atoms with van der Waals surface area (Å²) < 4.78 is 0. The maximum absolute atomic E-state index is 12.1. The first-order chi connectivity index (χ1) is 10.4. The molecule has 0 heterocycles. The van der Waals surface area contributed by atoms with E-state index in [9.17, 15) is 9.90 Å². The fraction of sp³-hybridized carbons (Fsp3) is 0.737. The van der Waals surface area contributed by atoms with Crippen LogP contribution in [0.4, 0.5) is 0 Å². The van der Waals surface area contributed by atoms with Gasteiger partial charge < -0.3 is 10.8 Å². The van der Waals surface area contributed by atoms with Crippen molar-refractivity contribution in [3.05, 3.63) is 23.3 Å². The third kappa shape index (κ3) is 1.73. The molecule has 0 aromatic carbocycles. The molecule has 4 aliphatic carbocycles. The third-order valence-corrected chi connectivity index (χ3v) is 7.40. The molecule has 120 valence electrons. The molecule has 0 amide bonds. The van der Waals surface area contributed by atoms with Crippen LogP contribution in [0.15, 0.2) is 23.3 Å². The molecule has 0 spiro atoms. The predicted molar refractivity (Wildman–Crippen MR) is 86.1 cm³/mol. The van der Waals surface area contributed by atoms with Crippen molar-refractivity contribution >= 4 is 5.78 Å². The van der Waals surface area contributed by atoms with Crippen LogP contribution in [0.3, 0.4) is 0 Å². The molecular weight excluding hydrogens is 274 g/mol. The summed E-state index contributed by atoms with van der Waals surface area (Å²) >= 11 is 0. The van der Waals surface area contributed by atoms with Crippen molar-refractivity contribution in [3.63, 3.8) is 0 Å². The molecule has 3 nitrogen and oxygen atoms in total. The lowest BCUT2D eigenvalue weighted by atomic mass is 9.51. The maximum atomic E-state index is 12.1. The molecule has 0 radical (unpaired) electrons. The lowest BCUT2D eigenvalue weighted by Crippen LogP contribution is -2.47. The summed E-state index contributed by atoms with van der Waals surface area (Å²) in [7, 11) is 0. The Labute approximate surface area is 132 Å². The third-order valence-electron chi connectivity index (χ3n) is 7.40. The molecule has 3 fully saturated rings. The normalized spacial score (nSPS) is 50.6. The number of rotatable bonds is 0. The summed E-state index contributed by atoms with van der Waals surface area (Å²) in [5.74, 6) is 0.815. The Bertz CT molecular complexity index is 592. The van der Waals surface area contributed by atoms with Crippen molar-refractivity contribution in [2.24, 2.45) is 28.4 Å². The van der Waals surface area contributed by atoms with E-state index in [-0.39, 0.29) is 22.5 Å². The quantitative estimate of drug-likeness (QED) is 0.723. The van der Waals surface area contributed by atoms with Crippen LogP contribution in [0.25, 0.3) is 0 Å². The second kappa shape index (κ2) is 4.55. The van der Waals surface area contributed by atoms with E-state index in [1.807, 2.05) is 0 Å². The summed E-state index contributed by atoms with van der Waals surface area (Å²) in [4.78, 5) is 12.1. The SMILES string of the molecule is C[C@]12CCC(N)CC1=CC=C1[C@H]2CC[C@]2(C)C(O)C(=O)C[C@@H]12. The topological polar surface area (TPSA) is 63.3 Å². The molecule has 6 atom stereocenters. The van der Waals surface area contributed by atoms with Crippen molar-refractivity contribution < 1.29 is 9.90 Å². The van der Waals surface area contributed by atoms with Crippen LogP contribution in [-0.4, -0.2) is 23.0 Å². The van der Waals surface area contributed by atoms with Crippen LogP contribution in [0, 0.1) is 22.7 Å². The number of allylic oxidation sites excluding steroid dienone is 3. The van der Waals surface area contributed by atoms with Gasteiger partial charge in [-0.2, -0.15) is 0 Å². The minimum absolute atomic E-state index is 0.0413. The van der Waals surface area contributed by atoms with Crippen LogP contribution < -0.4 is 5.73 Å². The average molecular weight is 301 g/mol. The van der Waals surface area contributed by atoms with Gasteiger partial charge in [0.05, 0.1) is 0 Å². The highest BCUT2D eigenvalue weighted by Crippen LogP contribution is 2.62. The van der Waals surface area contributed by atoms with Crippen LogP contribution in [-0.2, 0) is 4.79 Å². The predicted octanol–water partition coefficient (Wildman–Crippen LogP) is 2.74. The van der Waals surface area contributed by atoms with Crippen molar-refractivity contribution in [2.45, 2.75) is 64.5 Å². The smallest absolute Gasteiger partial charge is 0.162 e. The Morgan fingerprint density at radius 2 is 1.91 bits per heavy atom. The molecular formula is C19H27NO2. The van der Waals surface area contributed by atoms with E-state index < -0.39 is 6.10 Å². The molecule has 0 aliphatic heterocycles. The Balaban J connectivity index is 1.76. The van der Waals surface area contributed by atoms with Gasteiger partial charge in [0.1, 0.15) is 6.10 Å². The number of hydrogen-bond donors (Lipinski definition) is 2. The number of carbonyl (C=O) groups excluding carboxylic acids is 1. The van der Waals surface area contributed by atoms with Crippen molar-refractivity contribution in [3.8, 4) is 0 Å². The number of aliphatic hydroxyl groups is 1. The van der Waals surface area contributed by atoms with Gasteiger partial charge in [0.25, 0.3) is 0 Å². The summed E-state index contributed by atoms with van der Waals surface area (Å²) in [5.41, 5.74) is 9.09. The number of nitrogens with two attached hydrogens (primary N) is 1. The highest BCUT2D eigenvalue weighted by atomic mass is 16.3. The van der Waals surface area contributed by atoms with E-state index >= 15 is 0 Å².